The lowest BCUT2D eigenvalue weighted by Gasteiger charge is -1.88. The molecule has 3 N–H and O–H groups in total. The van der Waals surface area contributed by atoms with E-state index in [1.807, 2.05) is 0 Å². The normalized spacial score (nSPS) is 10.6. The van der Waals surface area contributed by atoms with E-state index in [9.17, 15) is 4.79 Å². The van der Waals surface area contributed by atoms with Crippen LogP contribution in [0.5, 0.6) is 0 Å². The summed E-state index contributed by atoms with van der Waals surface area (Å²) in [6.07, 6.45) is 4.84. The van der Waals surface area contributed by atoms with Crippen LogP contribution < -0.4 is 11.3 Å². The van der Waals surface area contributed by atoms with Gasteiger partial charge in [0.05, 0.1) is 0 Å². The van der Waals surface area contributed by atoms with Gasteiger partial charge in [0.25, 0.3) is 5.56 Å². The van der Waals surface area contributed by atoms with Crippen LogP contribution in [-0.2, 0) is 0 Å². The Morgan fingerprint density at radius 2 is 2.55 bits per heavy atom. The molecular weight excluding hydrogens is 142 g/mol. The van der Waals surface area contributed by atoms with Gasteiger partial charge < -0.3 is 10.7 Å². The van der Waals surface area contributed by atoms with Crippen molar-refractivity contribution in [3.63, 3.8) is 0 Å². The molecule has 0 aliphatic heterocycles. The second-order valence-electron chi connectivity index (χ2n) is 1.96. The lowest BCUT2D eigenvalue weighted by Crippen LogP contribution is -2.06. The van der Waals surface area contributed by atoms with Crippen LogP contribution in [0.2, 0.25) is 0 Å². The molecule has 1 aromatic rings. The molecule has 0 spiro atoms. The molecule has 11 heavy (non-hydrogen) atoms. The van der Waals surface area contributed by atoms with E-state index in [0.717, 1.165) is 0 Å². The molecule has 0 unspecified atom stereocenters. The maximum atomic E-state index is 10.7. The van der Waals surface area contributed by atoms with Gasteiger partial charge in [-0.1, -0.05) is 6.08 Å². The standard InChI is InChI=1S/C7H9N3O/c8-4-1-2-6-9-5-3-7(11)10-6/h1-3,5H,4,8H2,(H,9,10,11)/b2-1+. The number of nitrogens with two attached hydrogens (primary N) is 1. The van der Waals surface area contributed by atoms with E-state index in [0.29, 0.717) is 12.4 Å². The Kier molecular flexibility index (Phi) is 2.57. The second-order valence-corrected chi connectivity index (χ2v) is 1.96. The molecule has 0 radical (unpaired) electrons. The van der Waals surface area contributed by atoms with Gasteiger partial charge in [0.15, 0.2) is 0 Å². The third-order valence-electron chi connectivity index (χ3n) is 1.10. The predicted octanol–water partition coefficient (Wildman–Crippen LogP) is -0.258. The van der Waals surface area contributed by atoms with E-state index in [1.165, 1.54) is 12.3 Å². The zero-order valence-electron chi connectivity index (χ0n) is 5.95. The van der Waals surface area contributed by atoms with Crippen LogP contribution in [0.3, 0.4) is 0 Å². The zero-order chi connectivity index (χ0) is 8.10. The quantitative estimate of drug-likeness (QED) is 0.611. The van der Waals surface area contributed by atoms with Gasteiger partial charge in [-0.25, -0.2) is 4.98 Å². The summed E-state index contributed by atoms with van der Waals surface area (Å²) >= 11 is 0. The molecule has 0 amide bonds. The van der Waals surface area contributed by atoms with Crippen LogP contribution in [0.1, 0.15) is 5.82 Å². The molecule has 4 nitrogen and oxygen atoms in total. The Balaban J connectivity index is 2.88. The van der Waals surface area contributed by atoms with E-state index in [-0.39, 0.29) is 5.56 Å². The van der Waals surface area contributed by atoms with Crippen LogP contribution in [0, 0.1) is 0 Å². The van der Waals surface area contributed by atoms with Crippen molar-refractivity contribution in [1.29, 1.82) is 0 Å². The molecule has 0 fully saturated rings. The molecule has 0 aliphatic rings. The van der Waals surface area contributed by atoms with Crippen LogP contribution >= 0.6 is 0 Å². The van der Waals surface area contributed by atoms with Gasteiger partial charge in [-0.05, 0) is 6.08 Å². The number of hydrogen-bond donors (Lipinski definition) is 2. The highest BCUT2D eigenvalue weighted by atomic mass is 16.1. The Hall–Kier alpha value is -1.42. The van der Waals surface area contributed by atoms with Gasteiger partial charge in [-0.15, -0.1) is 0 Å². The first kappa shape index (κ1) is 7.68. The van der Waals surface area contributed by atoms with Gasteiger partial charge in [-0.2, -0.15) is 0 Å². The maximum absolute atomic E-state index is 10.7. The number of nitrogens with one attached hydrogen (secondary N) is 1. The molecule has 0 bridgehead atoms. The van der Waals surface area contributed by atoms with Crippen molar-refractivity contribution in [1.82, 2.24) is 9.97 Å². The van der Waals surface area contributed by atoms with Crippen molar-refractivity contribution >= 4 is 6.08 Å². The monoisotopic (exact) mass is 151 g/mol. The zero-order valence-corrected chi connectivity index (χ0v) is 5.95. The number of H-pyrrole nitrogens is 1. The molecule has 0 atom stereocenters. The van der Waals surface area contributed by atoms with E-state index < -0.39 is 0 Å². The van der Waals surface area contributed by atoms with Crippen LogP contribution in [0.25, 0.3) is 6.08 Å². The summed E-state index contributed by atoms with van der Waals surface area (Å²) in [5.41, 5.74) is 5.05. The van der Waals surface area contributed by atoms with Crippen LogP contribution in [-0.4, -0.2) is 16.5 Å². The predicted molar refractivity (Wildman–Crippen MR) is 42.9 cm³/mol. The van der Waals surface area contributed by atoms with Crippen molar-refractivity contribution in [2.75, 3.05) is 6.54 Å². The van der Waals surface area contributed by atoms with E-state index in [1.54, 1.807) is 12.2 Å². The smallest absolute Gasteiger partial charge is 0.251 e. The maximum Gasteiger partial charge on any atom is 0.251 e. The number of nitrogens with zero attached hydrogens (tertiary/aromatic N) is 1. The topological polar surface area (TPSA) is 71.8 Å². The average molecular weight is 151 g/mol. The summed E-state index contributed by atoms with van der Waals surface area (Å²) in [7, 11) is 0. The van der Waals surface area contributed by atoms with Crippen molar-refractivity contribution in [3.8, 4) is 0 Å². The average Bonchev–Trinajstić information content (AvgIpc) is 2.01. The van der Waals surface area contributed by atoms with Crippen molar-refractivity contribution in [3.05, 3.63) is 34.5 Å². The van der Waals surface area contributed by atoms with Crippen molar-refractivity contribution < 1.29 is 0 Å². The van der Waals surface area contributed by atoms with Gasteiger partial charge >= 0.3 is 0 Å². The third-order valence-corrected chi connectivity index (χ3v) is 1.10. The summed E-state index contributed by atoms with van der Waals surface area (Å²) in [6.45, 7) is 0.443. The summed E-state index contributed by atoms with van der Waals surface area (Å²) in [6, 6.07) is 1.36. The highest BCUT2D eigenvalue weighted by molar-refractivity contribution is 5.38. The lowest BCUT2D eigenvalue weighted by atomic mass is 10.4. The number of aromatic amines is 1. The minimum atomic E-state index is -0.156. The fourth-order valence-corrected chi connectivity index (χ4v) is 0.650. The fraction of sp³-hybridized carbons (Fsp3) is 0.143. The van der Waals surface area contributed by atoms with Gasteiger partial charge in [0, 0.05) is 18.8 Å². The molecular formula is C7H9N3O. The summed E-state index contributed by atoms with van der Waals surface area (Å²) in [5.74, 6) is 0.531. The summed E-state index contributed by atoms with van der Waals surface area (Å²) in [4.78, 5) is 17.1. The third kappa shape index (κ3) is 2.35. The number of hydrogen-bond acceptors (Lipinski definition) is 3. The minimum absolute atomic E-state index is 0.156. The number of aromatic nitrogens is 2. The van der Waals surface area contributed by atoms with Crippen molar-refractivity contribution in [2.45, 2.75) is 0 Å². The highest BCUT2D eigenvalue weighted by Crippen LogP contribution is 1.85. The minimum Gasteiger partial charge on any atom is -0.327 e. The molecule has 0 saturated heterocycles. The van der Waals surface area contributed by atoms with E-state index in [4.69, 9.17) is 5.73 Å². The van der Waals surface area contributed by atoms with Crippen molar-refractivity contribution in [2.24, 2.45) is 5.73 Å². The summed E-state index contributed by atoms with van der Waals surface area (Å²) in [5, 5.41) is 0. The molecule has 0 aliphatic carbocycles. The molecule has 1 heterocycles. The van der Waals surface area contributed by atoms with Gasteiger partial charge in [0.1, 0.15) is 5.82 Å². The Morgan fingerprint density at radius 3 is 3.18 bits per heavy atom. The van der Waals surface area contributed by atoms with E-state index >= 15 is 0 Å². The summed E-state index contributed by atoms with van der Waals surface area (Å²) < 4.78 is 0. The molecule has 1 aromatic heterocycles. The van der Waals surface area contributed by atoms with Crippen LogP contribution in [0.15, 0.2) is 23.1 Å². The Bertz CT molecular complexity index is 303. The first-order valence-electron chi connectivity index (χ1n) is 3.25. The molecule has 0 aromatic carbocycles. The van der Waals surface area contributed by atoms with Gasteiger partial charge in [-0.3, -0.25) is 4.79 Å². The lowest BCUT2D eigenvalue weighted by molar-refractivity contribution is 1.09. The largest absolute Gasteiger partial charge is 0.327 e. The molecule has 1 rings (SSSR count). The van der Waals surface area contributed by atoms with Crippen LogP contribution in [0.4, 0.5) is 0 Å². The second kappa shape index (κ2) is 3.68. The SMILES string of the molecule is NC/C=C/c1nccc(=O)[nH]1. The number of rotatable bonds is 2. The molecule has 58 valence electrons. The first-order valence-corrected chi connectivity index (χ1v) is 3.25. The fourth-order valence-electron chi connectivity index (χ4n) is 0.650. The van der Waals surface area contributed by atoms with E-state index in [2.05, 4.69) is 9.97 Å². The first-order chi connectivity index (χ1) is 5.33. The highest BCUT2D eigenvalue weighted by Gasteiger charge is 1.85. The molecule has 4 heteroatoms. The Morgan fingerprint density at radius 1 is 1.73 bits per heavy atom. The molecule has 0 saturated carbocycles. The Labute approximate surface area is 63.8 Å². The van der Waals surface area contributed by atoms with Gasteiger partial charge in [0.2, 0.25) is 0 Å².